The number of hydrogen-bond acceptors (Lipinski definition) is 2. The molecule has 3 heteroatoms. The van der Waals surface area contributed by atoms with Crippen LogP contribution in [-0.2, 0) is 4.79 Å². The molecule has 2 nitrogen and oxygen atoms in total. The average Bonchev–Trinajstić information content (AvgIpc) is 1.37. The third-order valence-corrected chi connectivity index (χ3v) is 0.306. The molecule has 0 aromatic heterocycles. The van der Waals surface area contributed by atoms with Crippen LogP contribution in [0, 0.1) is 0 Å². The van der Waals surface area contributed by atoms with Crippen molar-refractivity contribution in [2.75, 3.05) is 0 Å². The van der Waals surface area contributed by atoms with E-state index in [1.807, 2.05) is 0 Å². The van der Waals surface area contributed by atoms with Crippen molar-refractivity contribution in [3.05, 3.63) is 0 Å². The van der Waals surface area contributed by atoms with Gasteiger partial charge >= 0.3 is 36.9 Å². The summed E-state index contributed by atoms with van der Waals surface area (Å²) in [5.41, 5.74) is 0. The van der Waals surface area contributed by atoms with Crippen LogP contribution in [0.2, 0.25) is 0 Å². The van der Waals surface area contributed by atoms with Crippen molar-refractivity contribution < 1.29 is 4.79 Å². The van der Waals surface area contributed by atoms with E-state index in [0.29, 0.717) is 0 Å². The SMILES string of the molecule is O=C=[N][Sn+]. The molecule has 0 N–H and O–H groups in total. The Bertz CT molecular complexity index is 46.0. The third kappa shape index (κ3) is 2.18. The van der Waals surface area contributed by atoms with Gasteiger partial charge in [-0.1, -0.05) is 0 Å². The second-order valence-electron chi connectivity index (χ2n) is 0.203. The van der Waals surface area contributed by atoms with Crippen molar-refractivity contribution in [1.82, 2.24) is 0 Å². The third-order valence-electron chi connectivity index (χ3n) is 0.0456. The number of hydrogen-bond donors (Lipinski definition) is 0. The van der Waals surface area contributed by atoms with E-state index in [1.165, 1.54) is 6.08 Å². The van der Waals surface area contributed by atoms with Crippen LogP contribution in [0.3, 0.4) is 0 Å². The zero-order valence-electron chi connectivity index (χ0n) is 1.86. The molecule has 2 radical (unpaired) electrons. The molecule has 0 amide bonds. The van der Waals surface area contributed by atoms with E-state index in [9.17, 15) is 0 Å². The standard InChI is InChI=1S/CNO.Sn/c2-1-3;/q-1;+2. The van der Waals surface area contributed by atoms with Gasteiger partial charge in [0.25, 0.3) is 0 Å². The van der Waals surface area contributed by atoms with Gasteiger partial charge in [-0.25, -0.2) is 0 Å². The summed E-state index contributed by atoms with van der Waals surface area (Å²) >= 11 is 0.869. The van der Waals surface area contributed by atoms with E-state index in [-0.39, 0.29) is 0 Å². The second kappa shape index (κ2) is 3.18. The summed E-state index contributed by atoms with van der Waals surface area (Å²) in [4.78, 5) is 8.90. The molecule has 0 fully saturated rings. The molecule has 0 rings (SSSR count). The Labute approximate surface area is 37.4 Å². The molecule has 0 aliphatic rings. The number of carbonyl (C=O) groups excluding carboxylic acids is 1. The molecule has 0 aliphatic carbocycles. The molecule has 0 spiro atoms. The zero-order valence-corrected chi connectivity index (χ0v) is 4.71. The summed E-state index contributed by atoms with van der Waals surface area (Å²) in [5.74, 6) is 0. The quantitative estimate of drug-likeness (QED) is 0.265. The first-order valence-electron chi connectivity index (χ1n) is 0.651. The summed E-state index contributed by atoms with van der Waals surface area (Å²) in [7, 11) is 0. The normalized spacial score (nSPS) is 4.00. The van der Waals surface area contributed by atoms with Crippen LogP contribution in [0.25, 0.3) is 0 Å². The fourth-order valence-corrected chi connectivity index (χ4v) is 0. The Morgan fingerprint density at radius 3 is 2.25 bits per heavy atom. The van der Waals surface area contributed by atoms with Gasteiger partial charge in [0.05, 0.1) is 0 Å². The fourth-order valence-electron chi connectivity index (χ4n) is 0. The van der Waals surface area contributed by atoms with Crippen molar-refractivity contribution in [2.24, 2.45) is 3.21 Å². The molecular formula is CNOSn+. The van der Waals surface area contributed by atoms with Gasteiger partial charge in [0.15, 0.2) is 0 Å². The first-order valence-corrected chi connectivity index (χ1v) is 1.93. The summed E-state index contributed by atoms with van der Waals surface area (Å²) in [6.45, 7) is 0. The van der Waals surface area contributed by atoms with Crippen molar-refractivity contribution in [2.45, 2.75) is 0 Å². The van der Waals surface area contributed by atoms with Crippen LogP contribution in [-0.4, -0.2) is 28.9 Å². The Hall–Kier alpha value is 0.179. The first kappa shape index (κ1) is 4.18. The molecule has 0 saturated heterocycles. The van der Waals surface area contributed by atoms with Gasteiger partial charge in [-0.15, -0.1) is 0 Å². The van der Waals surface area contributed by atoms with E-state index in [4.69, 9.17) is 4.79 Å². The maximum atomic E-state index is 8.90. The minimum atomic E-state index is 0.869. The van der Waals surface area contributed by atoms with E-state index < -0.39 is 0 Å². The van der Waals surface area contributed by atoms with Crippen molar-refractivity contribution >= 4 is 28.9 Å². The molecule has 0 unspecified atom stereocenters. The van der Waals surface area contributed by atoms with Crippen molar-refractivity contribution in [3.63, 3.8) is 0 Å². The Balaban J connectivity index is 3.11. The van der Waals surface area contributed by atoms with Crippen LogP contribution in [0.4, 0.5) is 0 Å². The van der Waals surface area contributed by atoms with Gasteiger partial charge < -0.3 is 0 Å². The minimum absolute atomic E-state index is 0.869. The van der Waals surface area contributed by atoms with E-state index in [0.717, 1.165) is 22.8 Å². The fraction of sp³-hybridized carbons (Fsp3) is 0. The van der Waals surface area contributed by atoms with Gasteiger partial charge in [0.2, 0.25) is 0 Å². The molecule has 0 aromatic rings. The number of nitrogens with zero attached hydrogens (tertiary/aromatic N) is 1. The predicted octanol–water partition coefficient (Wildman–Crippen LogP) is -0.594. The second-order valence-corrected chi connectivity index (χ2v) is 0.841. The Morgan fingerprint density at radius 1 is 2.00 bits per heavy atom. The average molecular weight is 161 g/mol. The van der Waals surface area contributed by atoms with Crippen molar-refractivity contribution in [1.29, 1.82) is 0 Å². The van der Waals surface area contributed by atoms with Crippen molar-refractivity contribution in [3.8, 4) is 0 Å². The van der Waals surface area contributed by atoms with Crippen LogP contribution in [0.5, 0.6) is 0 Å². The Kier molecular flexibility index (Phi) is 3.32. The molecule has 0 saturated carbocycles. The molecule has 0 bridgehead atoms. The van der Waals surface area contributed by atoms with Crippen LogP contribution >= 0.6 is 0 Å². The summed E-state index contributed by atoms with van der Waals surface area (Å²) in [6.07, 6.45) is 1.35. The number of isocyanates is 1. The van der Waals surface area contributed by atoms with Gasteiger partial charge in [-0.05, 0) is 0 Å². The molecule has 0 atom stereocenters. The zero-order chi connectivity index (χ0) is 3.41. The van der Waals surface area contributed by atoms with Gasteiger partial charge in [-0.2, -0.15) is 0 Å². The monoisotopic (exact) mass is 162 g/mol. The van der Waals surface area contributed by atoms with Gasteiger partial charge in [0, 0.05) is 0 Å². The van der Waals surface area contributed by atoms with Gasteiger partial charge in [-0.3, -0.25) is 0 Å². The molecular weight excluding hydrogens is 161 g/mol. The van der Waals surface area contributed by atoms with Crippen LogP contribution in [0.1, 0.15) is 0 Å². The first-order chi connectivity index (χ1) is 1.91. The Morgan fingerprint density at radius 2 is 2.25 bits per heavy atom. The molecule has 0 heterocycles. The molecule has 0 aromatic carbocycles. The summed E-state index contributed by atoms with van der Waals surface area (Å²) in [6, 6.07) is 0. The van der Waals surface area contributed by atoms with Gasteiger partial charge in [0.1, 0.15) is 0 Å². The maximum absolute atomic E-state index is 8.90. The van der Waals surface area contributed by atoms with E-state index >= 15 is 0 Å². The summed E-state index contributed by atoms with van der Waals surface area (Å²) < 4.78 is 3.02. The van der Waals surface area contributed by atoms with E-state index in [2.05, 4.69) is 3.21 Å². The molecule has 18 valence electrons. The summed E-state index contributed by atoms with van der Waals surface area (Å²) in [5, 5.41) is 0. The molecule has 0 aliphatic heterocycles. The molecule has 4 heavy (non-hydrogen) atoms. The predicted molar refractivity (Wildman–Crippen MR) is 13.9 cm³/mol. The number of rotatable bonds is 0. The van der Waals surface area contributed by atoms with Crippen LogP contribution in [0.15, 0.2) is 3.21 Å². The topological polar surface area (TPSA) is 29.4 Å². The van der Waals surface area contributed by atoms with E-state index in [1.54, 1.807) is 0 Å². The van der Waals surface area contributed by atoms with Crippen LogP contribution < -0.4 is 0 Å².